The molecule has 0 saturated carbocycles. The molecule has 1 amide bonds. The molecule has 2 aliphatic rings. The number of hydrogen-bond donors (Lipinski definition) is 1. The molecule has 0 radical (unpaired) electrons. The minimum absolute atomic E-state index is 0.0157. The van der Waals surface area contributed by atoms with E-state index in [4.69, 9.17) is 18.6 Å². The molecule has 0 aliphatic carbocycles. The molecule has 1 atom stereocenters. The second-order valence-corrected chi connectivity index (χ2v) is 7.94. The number of carbonyl (C=O) groups excluding carboxylic acids is 2. The summed E-state index contributed by atoms with van der Waals surface area (Å²) in [4.78, 5) is 30.0. The third-order valence-electron chi connectivity index (χ3n) is 6.00. The monoisotopic (exact) mass is 468 g/mol. The van der Waals surface area contributed by atoms with E-state index in [2.05, 4.69) is 4.90 Å². The highest BCUT2D eigenvalue weighted by atomic mass is 16.5. The molecule has 0 unspecified atom stereocenters. The quantitative estimate of drug-likeness (QED) is 0.561. The molecule has 9 nitrogen and oxygen atoms in total. The fourth-order valence-corrected chi connectivity index (χ4v) is 4.21. The smallest absolute Gasteiger partial charge is 0.290 e. The van der Waals surface area contributed by atoms with Gasteiger partial charge >= 0.3 is 0 Å². The average Bonchev–Trinajstić information content (AvgIpc) is 3.48. The number of rotatable bonds is 9. The predicted octanol–water partition coefficient (Wildman–Crippen LogP) is 2.61. The maximum atomic E-state index is 13.2. The van der Waals surface area contributed by atoms with Crippen molar-refractivity contribution in [2.24, 2.45) is 0 Å². The highest BCUT2D eigenvalue weighted by molar-refractivity contribution is 6.14. The highest BCUT2D eigenvalue weighted by Gasteiger charge is 2.43. The standard InChI is InChI=1S/C25H28N2O7/c1-31-20-8-5-17(16-21(20)32-2)23-22(19(28)7-6-18-4-3-13-34-18)24(29)25(30)27(23)10-9-26-11-14-33-15-12-26/h3-8,13,16,23,29H,9-12,14-15H2,1-2H3/b7-6+/t23-/m1/s1. The van der Waals surface area contributed by atoms with Crippen molar-refractivity contribution in [3.05, 3.63) is 65.3 Å². The van der Waals surface area contributed by atoms with E-state index >= 15 is 0 Å². The predicted molar refractivity (Wildman–Crippen MR) is 124 cm³/mol. The molecular weight excluding hydrogens is 440 g/mol. The molecule has 180 valence electrons. The van der Waals surface area contributed by atoms with Gasteiger partial charge < -0.3 is 28.6 Å². The number of ketones is 1. The molecule has 1 aromatic heterocycles. The van der Waals surface area contributed by atoms with E-state index in [1.165, 1.54) is 37.5 Å². The topological polar surface area (TPSA) is 102 Å². The first-order chi connectivity index (χ1) is 16.5. The van der Waals surface area contributed by atoms with Crippen molar-refractivity contribution in [3.8, 4) is 11.5 Å². The van der Waals surface area contributed by atoms with Crippen LogP contribution in [0.3, 0.4) is 0 Å². The van der Waals surface area contributed by atoms with Crippen molar-refractivity contribution < 1.29 is 33.3 Å². The van der Waals surface area contributed by atoms with E-state index in [0.29, 0.717) is 49.1 Å². The Balaban J connectivity index is 1.67. The van der Waals surface area contributed by atoms with Gasteiger partial charge in [0.1, 0.15) is 5.76 Å². The summed E-state index contributed by atoms with van der Waals surface area (Å²) in [7, 11) is 3.05. The zero-order valence-corrected chi connectivity index (χ0v) is 19.2. The number of aliphatic hydroxyl groups is 1. The highest BCUT2D eigenvalue weighted by Crippen LogP contribution is 2.40. The van der Waals surface area contributed by atoms with E-state index in [1.54, 1.807) is 30.3 Å². The molecule has 1 fully saturated rings. The summed E-state index contributed by atoms with van der Waals surface area (Å²) < 4.78 is 21.4. The van der Waals surface area contributed by atoms with Gasteiger partial charge in [-0.2, -0.15) is 0 Å². The first kappa shape index (κ1) is 23.6. The summed E-state index contributed by atoms with van der Waals surface area (Å²) in [5.74, 6) is -0.127. The Bertz CT molecular complexity index is 1080. The number of morpholine rings is 1. The lowest BCUT2D eigenvalue weighted by Gasteiger charge is -2.31. The van der Waals surface area contributed by atoms with E-state index in [1.807, 2.05) is 0 Å². The summed E-state index contributed by atoms with van der Waals surface area (Å²) in [6.45, 7) is 3.73. The summed E-state index contributed by atoms with van der Waals surface area (Å²) in [6.07, 6.45) is 4.31. The lowest BCUT2D eigenvalue weighted by Crippen LogP contribution is -2.43. The van der Waals surface area contributed by atoms with Gasteiger partial charge in [0.2, 0.25) is 0 Å². The zero-order valence-electron chi connectivity index (χ0n) is 19.2. The van der Waals surface area contributed by atoms with Crippen molar-refractivity contribution in [2.45, 2.75) is 6.04 Å². The third-order valence-corrected chi connectivity index (χ3v) is 6.00. The van der Waals surface area contributed by atoms with Crippen LogP contribution in [0.2, 0.25) is 0 Å². The van der Waals surface area contributed by atoms with E-state index < -0.39 is 23.5 Å². The summed E-state index contributed by atoms with van der Waals surface area (Å²) >= 11 is 0. The lowest BCUT2D eigenvalue weighted by molar-refractivity contribution is -0.129. The van der Waals surface area contributed by atoms with Crippen LogP contribution in [0.15, 0.2) is 58.4 Å². The van der Waals surface area contributed by atoms with Gasteiger partial charge in [0, 0.05) is 26.2 Å². The molecule has 1 N–H and O–H groups in total. The second kappa shape index (κ2) is 10.6. The molecule has 0 bridgehead atoms. The lowest BCUT2D eigenvalue weighted by atomic mass is 9.95. The van der Waals surface area contributed by atoms with Crippen LogP contribution < -0.4 is 9.47 Å². The Morgan fingerprint density at radius 1 is 1.15 bits per heavy atom. The Kier molecular flexibility index (Phi) is 7.34. The van der Waals surface area contributed by atoms with Gasteiger partial charge in [-0.3, -0.25) is 14.5 Å². The van der Waals surface area contributed by atoms with Crippen molar-refractivity contribution in [1.82, 2.24) is 9.80 Å². The van der Waals surface area contributed by atoms with E-state index in [0.717, 1.165) is 13.1 Å². The zero-order chi connectivity index (χ0) is 24.1. The van der Waals surface area contributed by atoms with Gasteiger partial charge in [-0.25, -0.2) is 0 Å². The molecule has 1 saturated heterocycles. The van der Waals surface area contributed by atoms with Crippen LogP contribution in [-0.2, 0) is 14.3 Å². The fourth-order valence-electron chi connectivity index (χ4n) is 4.21. The van der Waals surface area contributed by atoms with Crippen LogP contribution in [0.25, 0.3) is 6.08 Å². The normalized spacial score (nSPS) is 19.3. The summed E-state index contributed by atoms with van der Waals surface area (Å²) in [5.41, 5.74) is 0.647. The Hall–Kier alpha value is -3.56. The second-order valence-electron chi connectivity index (χ2n) is 7.94. The number of aliphatic hydroxyl groups excluding tert-OH is 1. The molecule has 2 aromatic rings. The Morgan fingerprint density at radius 2 is 1.91 bits per heavy atom. The minimum atomic E-state index is -0.776. The van der Waals surface area contributed by atoms with E-state index in [9.17, 15) is 14.7 Å². The van der Waals surface area contributed by atoms with Crippen LogP contribution in [0.1, 0.15) is 17.4 Å². The molecule has 3 heterocycles. The first-order valence-electron chi connectivity index (χ1n) is 11.1. The van der Waals surface area contributed by atoms with Crippen LogP contribution in [0.5, 0.6) is 11.5 Å². The third kappa shape index (κ3) is 4.85. The van der Waals surface area contributed by atoms with Gasteiger partial charge in [-0.15, -0.1) is 0 Å². The number of amides is 1. The molecule has 9 heteroatoms. The van der Waals surface area contributed by atoms with Crippen LogP contribution in [-0.4, -0.2) is 80.2 Å². The number of methoxy groups -OCH3 is 2. The number of hydrogen-bond acceptors (Lipinski definition) is 8. The molecular formula is C25H28N2O7. The maximum Gasteiger partial charge on any atom is 0.290 e. The van der Waals surface area contributed by atoms with Gasteiger partial charge in [0.15, 0.2) is 23.0 Å². The van der Waals surface area contributed by atoms with Gasteiger partial charge in [0.05, 0.1) is 45.3 Å². The number of ether oxygens (including phenoxy) is 3. The number of furan rings is 1. The fraction of sp³-hybridized carbons (Fsp3) is 0.360. The van der Waals surface area contributed by atoms with Crippen molar-refractivity contribution in [1.29, 1.82) is 0 Å². The molecule has 4 rings (SSSR count). The van der Waals surface area contributed by atoms with Gasteiger partial charge in [-0.05, 0) is 42.0 Å². The number of allylic oxidation sites excluding steroid dienone is 1. The average molecular weight is 469 g/mol. The van der Waals surface area contributed by atoms with Crippen LogP contribution >= 0.6 is 0 Å². The molecule has 1 aromatic carbocycles. The molecule has 2 aliphatic heterocycles. The number of carbonyl (C=O) groups is 2. The maximum absolute atomic E-state index is 13.2. The van der Waals surface area contributed by atoms with Gasteiger partial charge in [0.25, 0.3) is 5.91 Å². The molecule has 0 spiro atoms. The van der Waals surface area contributed by atoms with Crippen LogP contribution in [0, 0.1) is 0 Å². The first-order valence-corrected chi connectivity index (χ1v) is 11.1. The van der Waals surface area contributed by atoms with Crippen LogP contribution in [0.4, 0.5) is 0 Å². The Morgan fingerprint density at radius 3 is 2.59 bits per heavy atom. The number of nitrogens with zero attached hydrogens (tertiary/aromatic N) is 2. The SMILES string of the molecule is COc1ccc([C@@H]2C(C(=O)/C=C/c3ccco3)=C(O)C(=O)N2CCN2CCOCC2)cc1OC. The van der Waals surface area contributed by atoms with Crippen molar-refractivity contribution >= 4 is 17.8 Å². The molecule has 34 heavy (non-hydrogen) atoms. The van der Waals surface area contributed by atoms with Gasteiger partial charge in [-0.1, -0.05) is 6.07 Å². The van der Waals surface area contributed by atoms with Crippen molar-refractivity contribution in [2.75, 3.05) is 53.6 Å². The number of benzene rings is 1. The van der Waals surface area contributed by atoms with E-state index in [-0.39, 0.29) is 5.57 Å². The Labute approximate surface area is 197 Å². The summed E-state index contributed by atoms with van der Waals surface area (Å²) in [6, 6.07) is 7.85. The largest absolute Gasteiger partial charge is 0.503 e. The minimum Gasteiger partial charge on any atom is -0.503 e. The summed E-state index contributed by atoms with van der Waals surface area (Å²) in [5, 5.41) is 10.8. The van der Waals surface area contributed by atoms with Crippen molar-refractivity contribution in [3.63, 3.8) is 0 Å².